The van der Waals surface area contributed by atoms with Gasteiger partial charge in [-0.3, -0.25) is 4.79 Å². The molecule has 0 radical (unpaired) electrons. The molecule has 1 spiro atoms. The number of fused-ring (bicyclic) bond motifs is 1. The number of carbonyl (C=O) groups excluding carboxylic acids is 1. The zero-order valence-electron chi connectivity index (χ0n) is 12.3. The second-order valence-electron chi connectivity index (χ2n) is 7.06. The van der Waals surface area contributed by atoms with Crippen LogP contribution in [-0.2, 0) is 9.53 Å². The monoisotopic (exact) mass is 264 g/mol. The van der Waals surface area contributed by atoms with Crippen LogP contribution < -0.4 is 0 Å². The maximum Gasteiger partial charge on any atom is 0.302 e. The molecule has 1 N–H and O–H groups in total. The van der Waals surface area contributed by atoms with Crippen LogP contribution in [0.5, 0.6) is 0 Å². The van der Waals surface area contributed by atoms with E-state index in [9.17, 15) is 9.90 Å². The Morgan fingerprint density at radius 3 is 2.63 bits per heavy atom. The average molecular weight is 264 g/mol. The summed E-state index contributed by atoms with van der Waals surface area (Å²) in [5.74, 6) is 0.492. The molecule has 3 aliphatic rings. The molecule has 0 amide bonds. The van der Waals surface area contributed by atoms with E-state index in [4.69, 9.17) is 4.74 Å². The van der Waals surface area contributed by atoms with Crippen molar-refractivity contribution in [1.82, 2.24) is 0 Å². The number of allylic oxidation sites excluding steroid dienone is 1. The van der Waals surface area contributed by atoms with Crippen LogP contribution in [-0.4, -0.2) is 22.8 Å². The lowest BCUT2D eigenvalue weighted by molar-refractivity contribution is -0.162. The fraction of sp³-hybridized carbons (Fsp3) is 0.812. The topological polar surface area (TPSA) is 46.5 Å². The first-order valence-electron chi connectivity index (χ1n) is 7.38. The molecule has 3 aliphatic carbocycles. The Morgan fingerprint density at radius 1 is 1.47 bits per heavy atom. The minimum Gasteiger partial charge on any atom is -0.462 e. The highest BCUT2D eigenvalue weighted by Crippen LogP contribution is 2.67. The first kappa shape index (κ1) is 13.2. The molecule has 0 aromatic heterocycles. The maximum absolute atomic E-state index is 11.4. The van der Waals surface area contributed by atoms with Gasteiger partial charge >= 0.3 is 5.97 Å². The summed E-state index contributed by atoms with van der Waals surface area (Å²) in [6.45, 7) is 7.71. The molecule has 3 rings (SSSR count). The summed E-state index contributed by atoms with van der Waals surface area (Å²) in [4.78, 5) is 11.4. The molecule has 2 fully saturated rings. The van der Waals surface area contributed by atoms with Gasteiger partial charge in [0.05, 0.1) is 5.60 Å². The Hall–Kier alpha value is -0.830. The third kappa shape index (κ3) is 1.63. The minimum absolute atomic E-state index is 0.0450. The summed E-state index contributed by atoms with van der Waals surface area (Å²) in [6.07, 6.45) is 5.33. The molecule has 0 bridgehead atoms. The van der Waals surface area contributed by atoms with Gasteiger partial charge in [0, 0.05) is 18.3 Å². The van der Waals surface area contributed by atoms with E-state index in [0.717, 1.165) is 19.3 Å². The smallest absolute Gasteiger partial charge is 0.302 e. The van der Waals surface area contributed by atoms with Crippen LogP contribution in [0.4, 0.5) is 0 Å². The van der Waals surface area contributed by atoms with Crippen molar-refractivity contribution in [1.29, 1.82) is 0 Å². The van der Waals surface area contributed by atoms with E-state index in [1.165, 1.54) is 12.5 Å². The highest BCUT2D eigenvalue weighted by atomic mass is 16.5. The molecule has 5 atom stereocenters. The Balaban J connectivity index is 1.99. The molecule has 0 heterocycles. The summed E-state index contributed by atoms with van der Waals surface area (Å²) in [7, 11) is 0. The van der Waals surface area contributed by atoms with Gasteiger partial charge in [-0.1, -0.05) is 18.6 Å². The molecule has 1 unspecified atom stereocenters. The maximum atomic E-state index is 11.4. The predicted molar refractivity (Wildman–Crippen MR) is 72.4 cm³/mol. The lowest BCUT2D eigenvalue weighted by atomic mass is 9.63. The SMILES string of the molecule is CC(=O)O[C@@H]1[C@H](C)CC2C=C(C)C3(CC3)[C@@](C)(O)[C@H]21. The predicted octanol–water partition coefficient (Wildman–Crippen LogP) is 2.68. The largest absolute Gasteiger partial charge is 0.462 e. The normalized spacial score (nSPS) is 46.7. The molecule has 19 heavy (non-hydrogen) atoms. The molecule has 3 nitrogen and oxygen atoms in total. The molecule has 0 aliphatic heterocycles. The quantitative estimate of drug-likeness (QED) is 0.585. The lowest BCUT2D eigenvalue weighted by Crippen LogP contribution is -2.53. The molecule has 0 aromatic rings. The lowest BCUT2D eigenvalue weighted by Gasteiger charge is -2.47. The number of ether oxygens (including phenoxy) is 1. The van der Waals surface area contributed by atoms with Crippen molar-refractivity contribution in [3.63, 3.8) is 0 Å². The number of esters is 1. The van der Waals surface area contributed by atoms with Gasteiger partial charge in [0.1, 0.15) is 6.10 Å². The third-order valence-corrected chi connectivity index (χ3v) is 5.91. The van der Waals surface area contributed by atoms with Gasteiger partial charge in [-0.2, -0.15) is 0 Å². The van der Waals surface area contributed by atoms with E-state index >= 15 is 0 Å². The number of hydrogen-bond donors (Lipinski definition) is 1. The van der Waals surface area contributed by atoms with E-state index < -0.39 is 5.60 Å². The summed E-state index contributed by atoms with van der Waals surface area (Å²) < 4.78 is 5.56. The van der Waals surface area contributed by atoms with Crippen LogP contribution in [0.25, 0.3) is 0 Å². The fourth-order valence-electron chi connectivity index (χ4n) is 4.82. The van der Waals surface area contributed by atoms with Gasteiger partial charge < -0.3 is 9.84 Å². The van der Waals surface area contributed by atoms with Gasteiger partial charge in [0.25, 0.3) is 0 Å². The first-order valence-corrected chi connectivity index (χ1v) is 7.38. The molecule has 0 aromatic carbocycles. The van der Waals surface area contributed by atoms with E-state index in [1.54, 1.807) is 0 Å². The number of rotatable bonds is 1. The Bertz CT molecular complexity index is 445. The summed E-state index contributed by atoms with van der Waals surface area (Å²) in [6, 6.07) is 0. The standard InChI is InChI=1S/C16H24O3/c1-9-7-12-8-10(2)16(5-6-16)15(4,18)13(12)14(9)19-11(3)17/h8-9,12-14,18H,5-7H2,1-4H3/t9-,12?,13-,14-,15+/m1/s1. The van der Waals surface area contributed by atoms with Crippen LogP contribution in [0.2, 0.25) is 0 Å². The van der Waals surface area contributed by atoms with E-state index in [0.29, 0.717) is 11.8 Å². The van der Waals surface area contributed by atoms with Gasteiger partial charge in [-0.05, 0) is 44.9 Å². The van der Waals surface area contributed by atoms with Crippen LogP contribution in [0.15, 0.2) is 11.6 Å². The van der Waals surface area contributed by atoms with Crippen LogP contribution in [0, 0.1) is 23.2 Å². The number of hydrogen-bond acceptors (Lipinski definition) is 3. The molecule has 0 saturated heterocycles. The van der Waals surface area contributed by atoms with Crippen LogP contribution >= 0.6 is 0 Å². The Kier molecular flexibility index (Phi) is 2.66. The number of carbonyl (C=O) groups is 1. The summed E-state index contributed by atoms with van der Waals surface area (Å²) in [5.41, 5.74) is 0.548. The molecule has 2 saturated carbocycles. The highest BCUT2D eigenvalue weighted by molar-refractivity contribution is 5.66. The van der Waals surface area contributed by atoms with Crippen molar-refractivity contribution >= 4 is 5.97 Å². The van der Waals surface area contributed by atoms with Crippen molar-refractivity contribution in [2.45, 2.75) is 58.7 Å². The van der Waals surface area contributed by atoms with Crippen molar-refractivity contribution < 1.29 is 14.6 Å². The minimum atomic E-state index is -0.749. The molecule has 106 valence electrons. The van der Waals surface area contributed by atoms with E-state index in [1.807, 2.05) is 6.92 Å². The van der Waals surface area contributed by atoms with E-state index in [2.05, 4.69) is 19.9 Å². The average Bonchev–Trinajstić information content (AvgIpc) is 3.01. The zero-order valence-corrected chi connectivity index (χ0v) is 12.3. The van der Waals surface area contributed by atoms with Crippen molar-refractivity contribution in [2.75, 3.05) is 0 Å². The van der Waals surface area contributed by atoms with Gasteiger partial charge in [0.2, 0.25) is 0 Å². The summed E-state index contributed by atoms with van der Waals surface area (Å²) in [5, 5.41) is 11.2. The second kappa shape index (κ2) is 3.85. The summed E-state index contributed by atoms with van der Waals surface area (Å²) >= 11 is 0. The zero-order chi connectivity index (χ0) is 14.0. The van der Waals surface area contributed by atoms with Crippen molar-refractivity contribution in [3.05, 3.63) is 11.6 Å². The second-order valence-corrected chi connectivity index (χ2v) is 7.06. The van der Waals surface area contributed by atoms with Gasteiger partial charge in [0.15, 0.2) is 0 Å². The van der Waals surface area contributed by atoms with Gasteiger partial charge in [-0.15, -0.1) is 0 Å². The van der Waals surface area contributed by atoms with Crippen LogP contribution in [0.1, 0.15) is 47.0 Å². The van der Waals surface area contributed by atoms with Gasteiger partial charge in [-0.25, -0.2) is 0 Å². The molecular formula is C16H24O3. The van der Waals surface area contributed by atoms with Crippen molar-refractivity contribution in [2.24, 2.45) is 23.2 Å². The fourth-order valence-corrected chi connectivity index (χ4v) is 4.82. The number of aliphatic hydroxyl groups is 1. The van der Waals surface area contributed by atoms with E-state index in [-0.39, 0.29) is 23.4 Å². The molecular weight excluding hydrogens is 240 g/mol. The first-order chi connectivity index (χ1) is 8.79. The Morgan fingerprint density at radius 2 is 2.11 bits per heavy atom. The Labute approximate surface area is 115 Å². The third-order valence-electron chi connectivity index (χ3n) is 5.91. The van der Waals surface area contributed by atoms with Crippen LogP contribution in [0.3, 0.4) is 0 Å². The van der Waals surface area contributed by atoms with Crippen molar-refractivity contribution in [3.8, 4) is 0 Å². The highest BCUT2D eigenvalue weighted by Gasteiger charge is 2.67. The molecule has 3 heteroatoms.